The van der Waals surface area contributed by atoms with Gasteiger partial charge in [-0.05, 0) is 37.1 Å². The predicted octanol–water partition coefficient (Wildman–Crippen LogP) is 3.58. The Morgan fingerprint density at radius 1 is 0.958 bits per heavy atom. The third kappa shape index (κ3) is 2.88. The predicted molar refractivity (Wildman–Crippen MR) is 91.1 cm³/mol. The fraction of sp³-hybridized carbons (Fsp3) is 0.158. The van der Waals surface area contributed by atoms with Crippen molar-refractivity contribution in [3.05, 3.63) is 65.9 Å². The molecule has 2 amide bonds. The van der Waals surface area contributed by atoms with Gasteiger partial charge in [-0.2, -0.15) is 0 Å². The van der Waals surface area contributed by atoms with Crippen LogP contribution in [0.25, 0.3) is 11.0 Å². The molecule has 1 fully saturated rings. The van der Waals surface area contributed by atoms with Crippen LogP contribution in [-0.4, -0.2) is 17.9 Å². The monoisotopic (exact) mass is 320 g/mol. The van der Waals surface area contributed by atoms with E-state index in [4.69, 9.17) is 4.42 Å². The molecule has 0 radical (unpaired) electrons. The van der Waals surface area contributed by atoms with Crippen LogP contribution in [0.4, 0.5) is 5.69 Å². The number of carbonyl (C=O) groups excluding carboxylic acids is 2. The molecule has 0 unspecified atom stereocenters. The van der Waals surface area contributed by atoms with Crippen LogP contribution in [0.2, 0.25) is 0 Å². The molecule has 1 aliphatic carbocycles. The second-order valence-corrected chi connectivity index (χ2v) is 5.90. The van der Waals surface area contributed by atoms with Crippen LogP contribution in [0.3, 0.4) is 0 Å². The highest BCUT2D eigenvalue weighted by molar-refractivity contribution is 6.09. The van der Waals surface area contributed by atoms with Crippen LogP contribution in [0.5, 0.6) is 0 Å². The fourth-order valence-corrected chi connectivity index (χ4v) is 2.56. The summed E-state index contributed by atoms with van der Waals surface area (Å²) in [4.78, 5) is 24.7. The molecule has 0 atom stereocenters. The zero-order valence-electron chi connectivity index (χ0n) is 12.9. The minimum atomic E-state index is -0.377. The standard InChI is InChI=1S/C19H16N2O3/c22-18(20-13-9-10-13)14-6-2-3-7-15(14)21-19(23)17-11-12-5-1-4-8-16(12)24-17/h1-8,11,13H,9-10H2,(H,20,22)(H,21,23). The van der Waals surface area contributed by atoms with Gasteiger partial charge in [0.25, 0.3) is 11.8 Å². The highest BCUT2D eigenvalue weighted by Gasteiger charge is 2.25. The first kappa shape index (κ1) is 14.5. The van der Waals surface area contributed by atoms with Gasteiger partial charge in [-0.1, -0.05) is 30.3 Å². The quantitative estimate of drug-likeness (QED) is 0.772. The lowest BCUT2D eigenvalue weighted by atomic mass is 10.1. The lowest BCUT2D eigenvalue weighted by molar-refractivity contribution is 0.0952. The average molecular weight is 320 g/mol. The highest BCUT2D eigenvalue weighted by atomic mass is 16.3. The van der Waals surface area contributed by atoms with Crippen molar-refractivity contribution in [3.8, 4) is 0 Å². The molecule has 120 valence electrons. The minimum absolute atomic E-state index is 0.169. The van der Waals surface area contributed by atoms with E-state index in [-0.39, 0.29) is 23.6 Å². The van der Waals surface area contributed by atoms with Crippen LogP contribution >= 0.6 is 0 Å². The van der Waals surface area contributed by atoms with Gasteiger partial charge in [0, 0.05) is 11.4 Å². The van der Waals surface area contributed by atoms with E-state index in [0.717, 1.165) is 18.2 Å². The van der Waals surface area contributed by atoms with E-state index in [9.17, 15) is 9.59 Å². The largest absolute Gasteiger partial charge is 0.451 e. The third-order valence-corrected chi connectivity index (χ3v) is 3.98. The summed E-state index contributed by atoms with van der Waals surface area (Å²) in [6, 6.07) is 16.3. The van der Waals surface area contributed by atoms with Gasteiger partial charge in [0.15, 0.2) is 5.76 Å². The summed E-state index contributed by atoms with van der Waals surface area (Å²) in [6.45, 7) is 0. The van der Waals surface area contributed by atoms with Gasteiger partial charge in [-0.25, -0.2) is 0 Å². The summed E-state index contributed by atoms with van der Waals surface area (Å²) < 4.78 is 5.56. The Morgan fingerprint density at radius 3 is 2.50 bits per heavy atom. The van der Waals surface area contributed by atoms with E-state index in [2.05, 4.69) is 10.6 Å². The van der Waals surface area contributed by atoms with E-state index in [1.54, 1.807) is 30.3 Å². The second kappa shape index (κ2) is 5.85. The van der Waals surface area contributed by atoms with E-state index < -0.39 is 0 Å². The van der Waals surface area contributed by atoms with Crippen LogP contribution < -0.4 is 10.6 Å². The van der Waals surface area contributed by atoms with E-state index >= 15 is 0 Å². The maximum absolute atomic E-state index is 12.5. The number of rotatable bonds is 4. The molecule has 1 aromatic heterocycles. The van der Waals surface area contributed by atoms with Gasteiger partial charge in [0.1, 0.15) is 5.58 Å². The van der Waals surface area contributed by atoms with Crippen LogP contribution in [-0.2, 0) is 0 Å². The first-order valence-electron chi connectivity index (χ1n) is 7.90. The Kier molecular flexibility index (Phi) is 3.54. The van der Waals surface area contributed by atoms with Crippen LogP contribution in [0.1, 0.15) is 33.8 Å². The van der Waals surface area contributed by atoms with Gasteiger partial charge in [0.2, 0.25) is 0 Å². The maximum Gasteiger partial charge on any atom is 0.291 e. The Morgan fingerprint density at radius 2 is 1.71 bits per heavy atom. The molecule has 0 spiro atoms. The number of nitrogens with one attached hydrogen (secondary N) is 2. The summed E-state index contributed by atoms with van der Waals surface area (Å²) in [7, 11) is 0. The van der Waals surface area contributed by atoms with Crippen molar-refractivity contribution in [2.45, 2.75) is 18.9 Å². The lowest BCUT2D eigenvalue weighted by Crippen LogP contribution is -2.26. The number of fused-ring (bicyclic) bond motifs is 1. The van der Waals surface area contributed by atoms with Crippen molar-refractivity contribution in [2.75, 3.05) is 5.32 Å². The van der Waals surface area contributed by atoms with Crippen molar-refractivity contribution in [1.82, 2.24) is 5.32 Å². The van der Waals surface area contributed by atoms with Gasteiger partial charge in [-0.3, -0.25) is 9.59 Å². The first-order chi connectivity index (χ1) is 11.7. The molecule has 5 nitrogen and oxygen atoms in total. The molecule has 5 heteroatoms. The third-order valence-electron chi connectivity index (χ3n) is 3.98. The van der Waals surface area contributed by atoms with Gasteiger partial charge < -0.3 is 15.1 Å². The maximum atomic E-state index is 12.5. The minimum Gasteiger partial charge on any atom is -0.451 e. The molecular weight excluding hydrogens is 304 g/mol. The smallest absolute Gasteiger partial charge is 0.291 e. The molecule has 0 aliphatic heterocycles. The SMILES string of the molecule is O=C(Nc1ccccc1C(=O)NC1CC1)c1cc2ccccc2o1. The normalized spacial score (nSPS) is 13.7. The molecular formula is C19H16N2O3. The second-order valence-electron chi connectivity index (χ2n) is 5.90. The molecule has 0 bridgehead atoms. The number of hydrogen-bond acceptors (Lipinski definition) is 3. The highest BCUT2D eigenvalue weighted by Crippen LogP contribution is 2.23. The van der Waals surface area contributed by atoms with Crippen molar-refractivity contribution in [2.24, 2.45) is 0 Å². The lowest BCUT2D eigenvalue weighted by Gasteiger charge is -2.10. The molecule has 2 N–H and O–H groups in total. The zero-order chi connectivity index (χ0) is 16.5. The van der Waals surface area contributed by atoms with Gasteiger partial charge in [0.05, 0.1) is 11.3 Å². The Balaban J connectivity index is 1.58. The Bertz CT molecular complexity index is 892. The van der Waals surface area contributed by atoms with Gasteiger partial charge in [-0.15, -0.1) is 0 Å². The van der Waals surface area contributed by atoms with E-state index in [1.807, 2.05) is 24.3 Å². The molecule has 4 rings (SSSR count). The molecule has 3 aromatic rings. The van der Waals surface area contributed by atoms with Crippen molar-refractivity contribution in [1.29, 1.82) is 0 Å². The Labute approximate surface area is 138 Å². The number of furan rings is 1. The van der Waals surface area contributed by atoms with Crippen molar-refractivity contribution < 1.29 is 14.0 Å². The number of anilines is 1. The molecule has 1 heterocycles. The fourth-order valence-electron chi connectivity index (χ4n) is 2.56. The summed E-state index contributed by atoms with van der Waals surface area (Å²) in [5.41, 5.74) is 1.58. The van der Waals surface area contributed by atoms with E-state index in [0.29, 0.717) is 16.8 Å². The summed E-state index contributed by atoms with van der Waals surface area (Å²) >= 11 is 0. The van der Waals surface area contributed by atoms with E-state index in [1.165, 1.54) is 0 Å². The molecule has 1 aliphatic rings. The summed E-state index contributed by atoms with van der Waals surface area (Å²) in [6.07, 6.45) is 2.03. The van der Waals surface area contributed by atoms with Crippen molar-refractivity contribution >= 4 is 28.5 Å². The first-order valence-corrected chi connectivity index (χ1v) is 7.90. The number of para-hydroxylation sites is 2. The number of benzene rings is 2. The summed E-state index contributed by atoms with van der Waals surface area (Å²) in [5.74, 6) is -0.329. The molecule has 1 saturated carbocycles. The molecule has 2 aromatic carbocycles. The topological polar surface area (TPSA) is 71.3 Å². The van der Waals surface area contributed by atoms with Crippen LogP contribution in [0, 0.1) is 0 Å². The Hall–Kier alpha value is -3.08. The van der Waals surface area contributed by atoms with Crippen LogP contribution in [0.15, 0.2) is 59.0 Å². The zero-order valence-corrected chi connectivity index (χ0v) is 12.9. The number of amides is 2. The number of hydrogen-bond donors (Lipinski definition) is 2. The molecule has 0 saturated heterocycles. The summed E-state index contributed by atoms with van der Waals surface area (Å²) in [5, 5.41) is 6.56. The molecule has 24 heavy (non-hydrogen) atoms. The van der Waals surface area contributed by atoms with Crippen molar-refractivity contribution in [3.63, 3.8) is 0 Å². The van der Waals surface area contributed by atoms with Gasteiger partial charge >= 0.3 is 0 Å². The average Bonchev–Trinajstić information content (AvgIpc) is 3.29. The number of carbonyl (C=O) groups is 2.